The van der Waals surface area contributed by atoms with Crippen molar-refractivity contribution < 1.29 is 4.52 Å². The summed E-state index contributed by atoms with van der Waals surface area (Å²) < 4.78 is 7.60. The molecule has 0 aliphatic heterocycles. The van der Waals surface area contributed by atoms with Crippen molar-refractivity contribution >= 4 is 33.2 Å². The predicted molar refractivity (Wildman–Crippen MR) is 115 cm³/mol. The lowest BCUT2D eigenvalue weighted by Gasteiger charge is -2.01. The molecule has 3 heterocycles. The van der Waals surface area contributed by atoms with Gasteiger partial charge in [-0.3, -0.25) is 9.36 Å². The van der Waals surface area contributed by atoms with E-state index in [1.807, 2.05) is 66.7 Å². The van der Waals surface area contributed by atoms with E-state index in [0.717, 1.165) is 16.0 Å². The third-order valence-electron chi connectivity index (χ3n) is 4.58. The van der Waals surface area contributed by atoms with Gasteiger partial charge in [0.05, 0.1) is 18.4 Å². The molecule has 0 saturated heterocycles. The van der Waals surface area contributed by atoms with Crippen molar-refractivity contribution in [3.05, 3.63) is 94.1 Å². The molecular weight excluding hydrogens is 406 g/mol. The van der Waals surface area contributed by atoms with Crippen LogP contribution in [0.3, 0.4) is 0 Å². The van der Waals surface area contributed by atoms with Crippen LogP contribution < -0.4 is 5.56 Å². The molecule has 0 atom stereocenters. The summed E-state index contributed by atoms with van der Waals surface area (Å²) in [6.45, 7) is 0.298. The zero-order chi connectivity index (χ0) is 19.8. The topological polar surface area (TPSA) is 60.9 Å². The third kappa shape index (κ3) is 3.48. The normalized spacial score (nSPS) is 11.2. The molecule has 2 aromatic carbocycles. The molecule has 0 spiro atoms. The maximum Gasteiger partial charge on any atom is 0.271 e. The fraction of sp³-hybridized carbons (Fsp3) is 0.0455. The maximum atomic E-state index is 13.0. The lowest BCUT2D eigenvalue weighted by Crippen LogP contribution is -2.20. The quantitative estimate of drug-likeness (QED) is 0.387. The lowest BCUT2D eigenvalue weighted by molar-refractivity contribution is 0.420. The van der Waals surface area contributed by atoms with E-state index in [-0.39, 0.29) is 5.56 Å². The fourth-order valence-corrected chi connectivity index (χ4v) is 4.30. The van der Waals surface area contributed by atoms with Crippen molar-refractivity contribution in [3.8, 4) is 21.8 Å². The van der Waals surface area contributed by atoms with Crippen LogP contribution in [0, 0.1) is 0 Å². The minimum Gasteiger partial charge on any atom is -0.356 e. The summed E-state index contributed by atoms with van der Waals surface area (Å²) in [5.74, 6) is 0.670. The summed E-state index contributed by atoms with van der Waals surface area (Å²) in [7, 11) is 0. The van der Waals surface area contributed by atoms with E-state index in [2.05, 4.69) is 10.1 Å². The number of thiophene rings is 1. The Kier molecular flexibility index (Phi) is 4.50. The van der Waals surface area contributed by atoms with Crippen LogP contribution in [-0.2, 0) is 6.54 Å². The Morgan fingerprint density at radius 3 is 2.59 bits per heavy atom. The Hall–Kier alpha value is -3.22. The minimum absolute atomic E-state index is 0.0931. The lowest BCUT2D eigenvalue weighted by atomic mass is 10.2. The van der Waals surface area contributed by atoms with Crippen LogP contribution in [0.25, 0.3) is 32.0 Å². The van der Waals surface area contributed by atoms with Crippen molar-refractivity contribution in [3.63, 3.8) is 0 Å². The standard InChI is InChI=1S/C22H14ClN3O2S/c23-16-8-6-15(7-9-16)20-11-18-21(29-20)22(27)26(13-24-18)12-17-10-19(28-25-17)14-4-2-1-3-5-14/h1-11,13H,12H2. The highest BCUT2D eigenvalue weighted by Gasteiger charge is 2.13. The first-order valence-corrected chi connectivity index (χ1v) is 10.1. The molecule has 0 unspecified atom stereocenters. The molecular formula is C22H14ClN3O2S. The molecule has 0 saturated carbocycles. The zero-order valence-electron chi connectivity index (χ0n) is 15.1. The van der Waals surface area contributed by atoms with E-state index >= 15 is 0 Å². The molecule has 0 aliphatic rings. The van der Waals surface area contributed by atoms with Crippen molar-refractivity contribution in [1.29, 1.82) is 0 Å². The number of hydrogen-bond donors (Lipinski definition) is 0. The highest BCUT2D eigenvalue weighted by atomic mass is 35.5. The monoisotopic (exact) mass is 419 g/mol. The van der Waals surface area contributed by atoms with Gasteiger partial charge < -0.3 is 4.52 Å². The van der Waals surface area contributed by atoms with E-state index in [9.17, 15) is 4.79 Å². The average molecular weight is 420 g/mol. The molecule has 0 aliphatic carbocycles. The molecule has 0 bridgehead atoms. The second-order valence-corrected chi connectivity index (χ2v) is 8.05. The largest absolute Gasteiger partial charge is 0.356 e. The second-order valence-electron chi connectivity index (χ2n) is 6.56. The van der Waals surface area contributed by atoms with Crippen LogP contribution in [0.5, 0.6) is 0 Å². The molecule has 0 amide bonds. The first-order chi connectivity index (χ1) is 14.2. The maximum absolute atomic E-state index is 13.0. The number of benzene rings is 2. The Bertz CT molecular complexity index is 1350. The van der Waals surface area contributed by atoms with Crippen molar-refractivity contribution in [1.82, 2.24) is 14.7 Å². The predicted octanol–water partition coefficient (Wildman–Crippen LogP) is 5.48. The first-order valence-electron chi connectivity index (χ1n) is 8.93. The molecule has 0 radical (unpaired) electrons. The molecule has 0 N–H and O–H groups in total. The highest BCUT2D eigenvalue weighted by Crippen LogP contribution is 2.31. The number of fused-ring (bicyclic) bond motifs is 1. The Labute approximate surface area is 174 Å². The van der Waals surface area contributed by atoms with E-state index < -0.39 is 0 Å². The summed E-state index contributed by atoms with van der Waals surface area (Å²) >= 11 is 7.39. The number of halogens is 1. The van der Waals surface area contributed by atoms with Crippen molar-refractivity contribution in [2.24, 2.45) is 0 Å². The Balaban J connectivity index is 1.47. The van der Waals surface area contributed by atoms with Gasteiger partial charge in [0, 0.05) is 21.5 Å². The molecule has 142 valence electrons. The van der Waals surface area contributed by atoms with Gasteiger partial charge in [-0.05, 0) is 23.8 Å². The smallest absolute Gasteiger partial charge is 0.271 e. The van der Waals surface area contributed by atoms with Crippen LogP contribution in [0.15, 0.2) is 82.4 Å². The van der Waals surface area contributed by atoms with Crippen molar-refractivity contribution in [2.75, 3.05) is 0 Å². The van der Waals surface area contributed by atoms with Gasteiger partial charge >= 0.3 is 0 Å². The summed E-state index contributed by atoms with van der Waals surface area (Å²) in [5.41, 5.74) is 3.21. The summed E-state index contributed by atoms with van der Waals surface area (Å²) in [6.07, 6.45) is 1.56. The molecule has 0 fully saturated rings. The third-order valence-corrected chi connectivity index (χ3v) is 6.00. The van der Waals surface area contributed by atoms with E-state index in [4.69, 9.17) is 16.1 Å². The Morgan fingerprint density at radius 2 is 1.79 bits per heavy atom. The van der Waals surface area contributed by atoms with Gasteiger partial charge in [0.25, 0.3) is 5.56 Å². The van der Waals surface area contributed by atoms with Gasteiger partial charge in [0.2, 0.25) is 0 Å². The van der Waals surface area contributed by atoms with Crippen LogP contribution in [0.1, 0.15) is 5.69 Å². The van der Waals surface area contributed by atoms with Gasteiger partial charge in [0.15, 0.2) is 5.76 Å². The number of aromatic nitrogens is 3. The van der Waals surface area contributed by atoms with Crippen LogP contribution in [0.4, 0.5) is 0 Å². The van der Waals surface area contributed by atoms with Crippen LogP contribution >= 0.6 is 22.9 Å². The molecule has 7 heteroatoms. The summed E-state index contributed by atoms with van der Waals surface area (Å²) in [6, 6.07) is 21.0. The van der Waals surface area contributed by atoms with Gasteiger partial charge in [-0.2, -0.15) is 0 Å². The average Bonchev–Trinajstić information content (AvgIpc) is 3.39. The molecule has 5 nitrogen and oxygen atoms in total. The molecule has 29 heavy (non-hydrogen) atoms. The molecule has 3 aromatic heterocycles. The first kappa shape index (κ1) is 17.8. The number of hydrogen-bond acceptors (Lipinski definition) is 5. The number of rotatable bonds is 4. The molecule has 5 rings (SSSR count). The van der Waals surface area contributed by atoms with Gasteiger partial charge in [-0.15, -0.1) is 11.3 Å². The van der Waals surface area contributed by atoms with Gasteiger partial charge in [-0.25, -0.2) is 4.98 Å². The molecule has 5 aromatic rings. The van der Waals surface area contributed by atoms with Gasteiger partial charge in [-0.1, -0.05) is 59.2 Å². The minimum atomic E-state index is -0.0931. The van der Waals surface area contributed by atoms with E-state index in [1.165, 1.54) is 11.3 Å². The fourth-order valence-electron chi connectivity index (χ4n) is 3.11. The second kappa shape index (κ2) is 7.31. The van der Waals surface area contributed by atoms with E-state index in [1.54, 1.807) is 10.9 Å². The van der Waals surface area contributed by atoms with Crippen molar-refractivity contribution in [2.45, 2.75) is 6.54 Å². The highest BCUT2D eigenvalue weighted by molar-refractivity contribution is 7.22. The number of nitrogens with zero attached hydrogens (tertiary/aromatic N) is 3. The summed E-state index contributed by atoms with van der Waals surface area (Å²) in [5, 5.41) is 4.78. The Morgan fingerprint density at radius 1 is 1.00 bits per heavy atom. The zero-order valence-corrected chi connectivity index (χ0v) is 16.7. The van der Waals surface area contributed by atoms with E-state index in [0.29, 0.717) is 33.2 Å². The van der Waals surface area contributed by atoms with Gasteiger partial charge in [0.1, 0.15) is 10.4 Å². The van der Waals surface area contributed by atoms with Crippen LogP contribution in [-0.4, -0.2) is 14.7 Å². The summed E-state index contributed by atoms with van der Waals surface area (Å²) in [4.78, 5) is 18.4. The SMILES string of the molecule is O=c1c2sc(-c3ccc(Cl)cc3)cc2ncn1Cc1cc(-c2ccccc2)on1. The van der Waals surface area contributed by atoms with Crippen LogP contribution in [0.2, 0.25) is 5.02 Å².